The van der Waals surface area contributed by atoms with Crippen molar-refractivity contribution in [3.05, 3.63) is 58.4 Å². The number of rotatable bonds is 3. The van der Waals surface area contributed by atoms with Crippen molar-refractivity contribution in [3.63, 3.8) is 0 Å². The Bertz CT molecular complexity index is 913. The number of nitrogens with zero attached hydrogens (tertiary/aromatic N) is 1. The van der Waals surface area contributed by atoms with Gasteiger partial charge in [0.05, 0.1) is 17.9 Å². The number of amides is 2. The Morgan fingerprint density at radius 2 is 2.04 bits per heavy atom. The van der Waals surface area contributed by atoms with E-state index >= 15 is 0 Å². The number of likely N-dealkylation sites (tertiary alicyclic amines) is 1. The van der Waals surface area contributed by atoms with Crippen LogP contribution in [0.3, 0.4) is 0 Å². The predicted molar refractivity (Wildman–Crippen MR) is 95.9 cm³/mol. The van der Waals surface area contributed by atoms with E-state index in [0.717, 1.165) is 11.1 Å². The molecule has 0 spiro atoms. The minimum atomic E-state index is -0.823. The topological polar surface area (TPSA) is 72.9 Å². The van der Waals surface area contributed by atoms with Gasteiger partial charge in [0, 0.05) is 23.5 Å². The SMILES string of the molecule is CCC(=O)N1C(=O)/C(=C/OC2OC(=O)C(C)=C2C)C2Cc3ccccc3C21. The molecule has 0 saturated carbocycles. The van der Waals surface area contributed by atoms with Gasteiger partial charge in [-0.05, 0) is 31.4 Å². The van der Waals surface area contributed by atoms with E-state index < -0.39 is 12.3 Å². The number of hydrogen-bond donors (Lipinski definition) is 0. The predicted octanol–water partition coefficient (Wildman–Crippen LogP) is 2.80. The van der Waals surface area contributed by atoms with Crippen molar-refractivity contribution < 1.29 is 23.9 Å². The molecule has 3 aliphatic rings. The van der Waals surface area contributed by atoms with Gasteiger partial charge in [0.2, 0.25) is 5.91 Å². The van der Waals surface area contributed by atoms with Crippen molar-refractivity contribution >= 4 is 17.8 Å². The van der Waals surface area contributed by atoms with Crippen LogP contribution in [0.15, 0.2) is 47.2 Å². The number of imide groups is 1. The lowest BCUT2D eigenvalue weighted by atomic mass is 9.97. The van der Waals surface area contributed by atoms with Gasteiger partial charge in [0.15, 0.2) is 0 Å². The third-order valence-corrected chi connectivity index (χ3v) is 5.69. The second-order valence-electron chi connectivity index (χ2n) is 7.13. The largest absolute Gasteiger partial charge is 0.458 e. The number of cyclic esters (lactones) is 1. The molecule has 2 heterocycles. The molecule has 2 aliphatic heterocycles. The number of carbonyl (C=O) groups excluding carboxylic acids is 3. The first-order chi connectivity index (χ1) is 12.9. The molecule has 2 amide bonds. The first-order valence-corrected chi connectivity index (χ1v) is 9.12. The molecule has 3 unspecified atom stereocenters. The molecule has 1 aromatic rings. The highest BCUT2D eigenvalue weighted by molar-refractivity contribution is 6.07. The average Bonchev–Trinajstić information content (AvgIpc) is 3.24. The summed E-state index contributed by atoms with van der Waals surface area (Å²) in [5.41, 5.74) is 3.81. The molecule has 1 fully saturated rings. The van der Waals surface area contributed by atoms with Gasteiger partial charge in [-0.25, -0.2) is 4.79 Å². The van der Waals surface area contributed by atoms with Crippen LogP contribution in [-0.4, -0.2) is 29.0 Å². The van der Waals surface area contributed by atoms with E-state index in [0.29, 0.717) is 23.1 Å². The van der Waals surface area contributed by atoms with Gasteiger partial charge >= 0.3 is 5.97 Å². The lowest BCUT2D eigenvalue weighted by Gasteiger charge is -2.22. The number of ether oxygens (including phenoxy) is 2. The molecular weight excluding hydrogens is 346 g/mol. The molecule has 0 N–H and O–H groups in total. The Balaban J connectivity index is 1.67. The van der Waals surface area contributed by atoms with Crippen LogP contribution in [0.4, 0.5) is 0 Å². The Morgan fingerprint density at radius 3 is 2.70 bits per heavy atom. The van der Waals surface area contributed by atoms with Crippen molar-refractivity contribution in [2.24, 2.45) is 5.92 Å². The molecule has 6 nitrogen and oxygen atoms in total. The monoisotopic (exact) mass is 367 g/mol. The molecule has 1 saturated heterocycles. The van der Waals surface area contributed by atoms with Gasteiger partial charge in [-0.1, -0.05) is 31.2 Å². The highest BCUT2D eigenvalue weighted by Gasteiger charge is 2.51. The van der Waals surface area contributed by atoms with Crippen LogP contribution in [-0.2, 0) is 30.3 Å². The molecule has 1 aromatic carbocycles. The third-order valence-electron chi connectivity index (χ3n) is 5.69. The Hall–Kier alpha value is -2.89. The number of fused-ring (bicyclic) bond motifs is 3. The zero-order chi connectivity index (χ0) is 19.3. The normalized spacial score (nSPS) is 27.9. The molecule has 0 bridgehead atoms. The van der Waals surface area contributed by atoms with E-state index in [-0.39, 0.29) is 30.2 Å². The van der Waals surface area contributed by atoms with E-state index in [1.54, 1.807) is 20.8 Å². The van der Waals surface area contributed by atoms with E-state index in [9.17, 15) is 14.4 Å². The summed E-state index contributed by atoms with van der Waals surface area (Å²) >= 11 is 0. The van der Waals surface area contributed by atoms with Gasteiger partial charge in [0.25, 0.3) is 12.2 Å². The van der Waals surface area contributed by atoms with Crippen LogP contribution in [0.25, 0.3) is 0 Å². The molecule has 140 valence electrons. The van der Waals surface area contributed by atoms with Crippen molar-refractivity contribution in [2.75, 3.05) is 0 Å². The summed E-state index contributed by atoms with van der Waals surface area (Å²) in [6, 6.07) is 7.60. The van der Waals surface area contributed by atoms with Gasteiger partial charge < -0.3 is 9.47 Å². The molecule has 3 atom stereocenters. The maximum atomic E-state index is 13.0. The Morgan fingerprint density at radius 1 is 1.30 bits per heavy atom. The first-order valence-electron chi connectivity index (χ1n) is 9.12. The summed E-state index contributed by atoms with van der Waals surface area (Å²) in [6.45, 7) is 5.19. The van der Waals surface area contributed by atoms with Gasteiger partial charge in [0.1, 0.15) is 0 Å². The second kappa shape index (κ2) is 6.37. The van der Waals surface area contributed by atoms with E-state index in [1.165, 1.54) is 11.2 Å². The summed E-state index contributed by atoms with van der Waals surface area (Å²) in [5.74, 6) is -1.08. The minimum Gasteiger partial charge on any atom is -0.458 e. The maximum absolute atomic E-state index is 13.0. The maximum Gasteiger partial charge on any atom is 0.337 e. The number of carbonyl (C=O) groups is 3. The van der Waals surface area contributed by atoms with E-state index in [4.69, 9.17) is 9.47 Å². The van der Waals surface area contributed by atoms with Crippen LogP contribution in [0.1, 0.15) is 44.4 Å². The van der Waals surface area contributed by atoms with Crippen molar-refractivity contribution in [1.29, 1.82) is 0 Å². The van der Waals surface area contributed by atoms with Crippen molar-refractivity contribution in [3.8, 4) is 0 Å². The van der Waals surface area contributed by atoms with Gasteiger partial charge in [-0.15, -0.1) is 0 Å². The smallest absolute Gasteiger partial charge is 0.337 e. The number of hydrogen-bond acceptors (Lipinski definition) is 5. The summed E-state index contributed by atoms with van der Waals surface area (Å²) < 4.78 is 10.8. The summed E-state index contributed by atoms with van der Waals surface area (Å²) in [7, 11) is 0. The highest BCUT2D eigenvalue weighted by Crippen LogP contribution is 2.49. The zero-order valence-corrected chi connectivity index (χ0v) is 15.5. The third kappa shape index (κ3) is 2.59. The van der Waals surface area contributed by atoms with E-state index in [1.807, 2.05) is 24.3 Å². The lowest BCUT2D eigenvalue weighted by Crippen LogP contribution is -2.34. The lowest BCUT2D eigenvalue weighted by molar-refractivity contribution is -0.153. The Labute approximate surface area is 157 Å². The minimum absolute atomic E-state index is 0.145. The van der Waals surface area contributed by atoms with Gasteiger partial charge in [-0.3, -0.25) is 14.5 Å². The van der Waals surface area contributed by atoms with Crippen molar-refractivity contribution in [1.82, 2.24) is 4.90 Å². The van der Waals surface area contributed by atoms with Crippen LogP contribution in [0.5, 0.6) is 0 Å². The van der Waals surface area contributed by atoms with Crippen LogP contribution < -0.4 is 0 Å². The Kier molecular flexibility index (Phi) is 4.13. The van der Waals surface area contributed by atoms with E-state index in [2.05, 4.69) is 0 Å². The molecule has 0 aromatic heterocycles. The van der Waals surface area contributed by atoms with Crippen molar-refractivity contribution in [2.45, 2.75) is 45.9 Å². The summed E-state index contributed by atoms with van der Waals surface area (Å²) in [5, 5.41) is 0. The number of benzene rings is 1. The van der Waals surface area contributed by atoms with Gasteiger partial charge in [-0.2, -0.15) is 0 Å². The second-order valence-corrected chi connectivity index (χ2v) is 7.13. The fraction of sp³-hybridized carbons (Fsp3) is 0.381. The molecule has 1 aliphatic carbocycles. The number of esters is 1. The quantitative estimate of drug-likeness (QED) is 0.467. The molecule has 0 radical (unpaired) electrons. The summed E-state index contributed by atoms with van der Waals surface area (Å²) in [4.78, 5) is 38.5. The average molecular weight is 367 g/mol. The molecule has 27 heavy (non-hydrogen) atoms. The van der Waals surface area contributed by atoms with Crippen LogP contribution >= 0.6 is 0 Å². The standard InChI is InChI=1S/C21H21NO5/c1-4-17(23)22-18-14-8-6-5-7-13(14)9-15(18)16(19(22)24)10-26-21-12(3)11(2)20(25)27-21/h5-8,10,15,18,21H,4,9H2,1-3H3/b16-10+. The molecular formula is C21H21NO5. The fourth-order valence-corrected chi connectivity index (χ4v) is 4.05. The van der Waals surface area contributed by atoms with Crippen LogP contribution in [0, 0.1) is 5.92 Å². The molecule has 6 heteroatoms. The molecule has 4 rings (SSSR count). The first kappa shape index (κ1) is 17.5. The summed E-state index contributed by atoms with van der Waals surface area (Å²) in [6.07, 6.45) is 1.49. The van der Waals surface area contributed by atoms with Crippen LogP contribution in [0.2, 0.25) is 0 Å². The highest BCUT2D eigenvalue weighted by atomic mass is 16.7. The fourth-order valence-electron chi connectivity index (χ4n) is 4.05. The zero-order valence-electron chi connectivity index (χ0n) is 15.5.